The van der Waals surface area contributed by atoms with E-state index >= 15 is 0 Å². The summed E-state index contributed by atoms with van der Waals surface area (Å²) in [6, 6.07) is 0. The van der Waals surface area contributed by atoms with Gasteiger partial charge in [0.2, 0.25) is 0 Å². The first-order chi connectivity index (χ1) is 6.54. The summed E-state index contributed by atoms with van der Waals surface area (Å²) in [4.78, 5) is 11.4. The van der Waals surface area contributed by atoms with Gasteiger partial charge in [0.25, 0.3) is 5.06 Å². The molecule has 1 spiro atoms. The van der Waals surface area contributed by atoms with Crippen molar-refractivity contribution >= 4 is 17.6 Å². The summed E-state index contributed by atoms with van der Waals surface area (Å²) in [5, 5.41) is -1.18. The summed E-state index contributed by atoms with van der Waals surface area (Å²) < 4.78 is 10.1. The Hall–Kier alpha value is -0.280. The van der Waals surface area contributed by atoms with Crippen LogP contribution < -0.4 is 0 Å². The number of epoxide rings is 1. The van der Waals surface area contributed by atoms with Crippen LogP contribution in [0.25, 0.3) is 0 Å². The van der Waals surface area contributed by atoms with Crippen molar-refractivity contribution in [1.82, 2.24) is 0 Å². The fraction of sp³-hybridized carbons (Fsp3) is 0.900. The summed E-state index contributed by atoms with van der Waals surface area (Å²) in [7, 11) is 1.34. The van der Waals surface area contributed by atoms with Crippen molar-refractivity contribution < 1.29 is 14.3 Å². The SMILES string of the molecule is COC(=O)C1(Cl)OC12CCC(C)CC2. The Labute approximate surface area is 88.7 Å². The van der Waals surface area contributed by atoms with Crippen molar-refractivity contribution in [1.29, 1.82) is 0 Å². The molecule has 1 saturated heterocycles. The average Bonchev–Trinajstić information content (AvgIpc) is 2.77. The molecule has 2 rings (SSSR count). The molecule has 0 aromatic heterocycles. The molecule has 14 heavy (non-hydrogen) atoms. The van der Waals surface area contributed by atoms with Gasteiger partial charge in [-0.2, -0.15) is 0 Å². The molecule has 1 heterocycles. The van der Waals surface area contributed by atoms with E-state index in [9.17, 15) is 4.79 Å². The lowest BCUT2D eigenvalue weighted by molar-refractivity contribution is -0.143. The van der Waals surface area contributed by atoms with Crippen LogP contribution in [-0.4, -0.2) is 23.7 Å². The summed E-state index contributed by atoms with van der Waals surface area (Å²) in [5.41, 5.74) is -0.422. The minimum absolute atomic E-state index is 0.422. The van der Waals surface area contributed by atoms with Gasteiger partial charge in [-0.1, -0.05) is 18.5 Å². The summed E-state index contributed by atoms with van der Waals surface area (Å²) in [6.07, 6.45) is 3.89. The van der Waals surface area contributed by atoms with E-state index in [2.05, 4.69) is 11.7 Å². The second-order valence-electron chi connectivity index (χ2n) is 4.37. The molecule has 80 valence electrons. The number of alkyl halides is 1. The summed E-state index contributed by atoms with van der Waals surface area (Å²) >= 11 is 6.08. The number of carbonyl (C=O) groups is 1. The van der Waals surface area contributed by atoms with Crippen molar-refractivity contribution in [2.45, 2.75) is 43.3 Å². The van der Waals surface area contributed by atoms with E-state index in [0.29, 0.717) is 5.92 Å². The fourth-order valence-corrected chi connectivity index (χ4v) is 2.67. The third-order valence-electron chi connectivity index (χ3n) is 3.41. The molecule has 3 nitrogen and oxygen atoms in total. The molecule has 0 N–H and O–H groups in total. The van der Waals surface area contributed by atoms with Crippen LogP contribution >= 0.6 is 11.6 Å². The maximum Gasteiger partial charge on any atom is 0.357 e. The summed E-state index contributed by atoms with van der Waals surface area (Å²) in [6.45, 7) is 2.21. The van der Waals surface area contributed by atoms with E-state index in [1.807, 2.05) is 0 Å². The van der Waals surface area contributed by atoms with Gasteiger partial charge in [0.15, 0.2) is 0 Å². The fourth-order valence-electron chi connectivity index (χ4n) is 2.25. The smallest absolute Gasteiger partial charge is 0.357 e. The molecule has 0 aromatic rings. The molecule has 1 saturated carbocycles. The molecule has 2 fully saturated rings. The maximum atomic E-state index is 11.4. The van der Waals surface area contributed by atoms with E-state index in [0.717, 1.165) is 25.7 Å². The first kappa shape index (κ1) is 10.2. The van der Waals surface area contributed by atoms with Crippen molar-refractivity contribution in [3.8, 4) is 0 Å². The van der Waals surface area contributed by atoms with Crippen LogP contribution in [-0.2, 0) is 14.3 Å². The zero-order valence-electron chi connectivity index (χ0n) is 8.51. The molecular formula is C10H15ClO3. The van der Waals surface area contributed by atoms with E-state index < -0.39 is 16.6 Å². The Bertz CT molecular complexity index is 258. The van der Waals surface area contributed by atoms with Gasteiger partial charge in [-0.15, -0.1) is 0 Å². The van der Waals surface area contributed by atoms with Gasteiger partial charge in [0.05, 0.1) is 7.11 Å². The maximum absolute atomic E-state index is 11.4. The molecule has 1 unspecified atom stereocenters. The number of esters is 1. The summed E-state index contributed by atoms with van der Waals surface area (Å²) in [5.74, 6) is 0.261. The van der Waals surface area contributed by atoms with Crippen molar-refractivity contribution in [3.05, 3.63) is 0 Å². The monoisotopic (exact) mass is 218 g/mol. The van der Waals surface area contributed by atoms with Crippen LogP contribution in [0.5, 0.6) is 0 Å². The molecular weight excluding hydrogens is 204 g/mol. The normalized spacial score (nSPS) is 46.4. The predicted molar refractivity (Wildman–Crippen MR) is 52.0 cm³/mol. The minimum atomic E-state index is -1.18. The highest BCUT2D eigenvalue weighted by Crippen LogP contribution is 2.60. The van der Waals surface area contributed by atoms with Crippen LogP contribution in [0.15, 0.2) is 0 Å². The van der Waals surface area contributed by atoms with Gasteiger partial charge >= 0.3 is 5.97 Å². The lowest BCUT2D eigenvalue weighted by atomic mass is 9.81. The lowest BCUT2D eigenvalue weighted by Gasteiger charge is -2.24. The number of methoxy groups -OCH3 is 1. The molecule has 0 radical (unpaired) electrons. The largest absolute Gasteiger partial charge is 0.466 e. The number of hydrogen-bond donors (Lipinski definition) is 0. The van der Waals surface area contributed by atoms with Crippen LogP contribution in [0, 0.1) is 5.92 Å². The Kier molecular flexibility index (Phi) is 2.27. The zero-order valence-corrected chi connectivity index (χ0v) is 9.26. The highest BCUT2D eigenvalue weighted by molar-refractivity contribution is 6.35. The number of rotatable bonds is 1. The average molecular weight is 219 g/mol. The van der Waals surface area contributed by atoms with Gasteiger partial charge in [-0.25, -0.2) is 4.79 Å². The van der Waals surface area contributed by atoms with E-state index in [-0.39, 0.29) is 0 Å². The minimum Gasteiger partial charge on any atom is -0.466 e. The molecule has 0 aromatic carbocycles. The van der Waals surface area contributed by atoms with Crippen molar-refractivity contribution in [3.63, 3.8) is 0 Å². The van der Waals surface area contributed by atoms with Gasteiger partial charge < -0.3 is 9.47 Å². The number of carbonyl (C=O) groups excluding carboxylic acids is 1. The number of hydrogen-bond acceptors (Lipinski definition) is 3. The molecule has 2 aliphatic rings. The molecule has 1 aliphatic heterocycles. The van der Waals surface area contributed by atoms with E-state index in [4.69, 9.17) is 16.3 Å². The molecule has 0 bridgehead atoms. The van der Waals surface area contributed by atoms with Crippen molar-refractivity contribution in [2.24, 2.45) is 5.92 Å². The highest BCUT2D eigenvalue weighted by atomic mass is 35.5. The second kappa shape index (κ2) is 3.11. The third kappa shape index (κ3) is 1.26. The van der Waals surface area contributed by atoms with E-state index in [1.54, 1.807) is 0 Å². The molecule has 1 atom stereocenters. The highest BCUT2D eigenvalue weighted by Gasteiger charge is 2.75. The Morgan fingerprint density at radius 3 is 2.57 bits per heavy atom. The Balaban J connectivity index is 2.05. The quantitative estimate of drug-likeness (QED) is 0.384. The molecule has 4 heteroatoms. The first-order valence-corrected chi connectivity index (χ1v) is 5.39. The first-order valence-electron chi connectivity index (χ1n) is 5.01. The Morgan fingerprint density at radius 2 is 2.07 bits per heavy atom. The van der Waals surface area contributed by atoms with E-state index in [1.165, 1.54) is 7.11 Å². The van der Waals surface area contributed by atoms with Gasteiger partial charge in [-0.3, -0.25) is 0 Å². The Morgan fingerprint density at radius 1 is 1.50 bits per heavy atom. The topological polar surface area (TPSA) is 38.8 Å². The number of halogens is 1. The second-order valence-corrected chi connectivity index (χ2v) is 4.90. The van der Waals surface area contributed by atoms with Crippen LogP contribution in [0.1, 0.15) is 32.6 Å². The van der Waals surface area contributed by atoms with Gasteiger partial charge in [0.1, 0.15) is 5.60 Å². The molecule has 0 amide bonds. The van der Waals surface area contributed by atoms with Crippen LogP contribution in [0.2, 0.25) is 0 Å². The molecule has 1 aliphatic carbocycles. The lowest BCUT2D eigenvalue weighted by Crippen LogP contribution is -2.33. The number of ether oxygens (including phenoxy) is 2. The van der Waals surface area contributed by atoms with Crippen LogP contribution in [0.4, 0.5) is 0 Å². The third-order valence-corrected chi connectivity index (χ3v) is 3.99. The van der Waals surface area contributed by atoms with Gasteiger partial charge in [0, 0.05) is 0 Å². The standard InChI is InChI=1S/C10H15ClO3/c1-7-3-5-9(6-4-7)10(11,14-9)8(12)13-2/h7H,3-6H2,1-2H3. The predicted octanol–water partition coefficient (Wildman–Crippen LogP) is 2.07. The van der Waals surface area contributed by atoms with Crippen molar-refractivity contribution in [2.75, 3.05) is 7.11 Å². The van der Waals surface area contributed by atoms with Gasteiger partial charge in [-0.05, 0) is 31.6 Å². The van der Waals surface area contributed by atoms with Crippen LogP contribution in [0.3, 0.4) is 0 Å². The zero-order chi connectivity index (χ0) is 10.4.